The second-order valence-electron chi connectivity index (χ2n) is 3.78. The van der Waals surface area contributed by atoms with Crippen LogP contribution < -0.4 is 10.6 Å². The third-order valence-corrected chi connectivity index (χ3v) is 2.41. The fraction of sp³-hybridized carbons (Fsp3) is 0.333. The lowest BCUT2D eigenvalue weighted by molar-refractivity contribution is -0.143. The summed E-state index contributed by atoms with van der Waals surface area (Å²) in [5.41, 5.74) is 0.138. The minimum absolute atomic E-state index is 0.105. The summed E-state index contributed by atoms with van der Waals surface area (Å²) in [6.45, 7) is -0.600. The van der Waals surface area contributed by atoms with Crippen LogP contribution >= 0.6 is 0 Å². The number of carbonyl (C=O) groups is 3. The first-order chi connectivity index (χ1) is 10.0. The highest BCUT2D eigenvalue weighted by atomic mass is 16.5. The maximum atomic E-state index is 11.9. The first-order valence-corrected chi connectivity index (χ1v) is 5.82. The first kappa shape index (κ1) is 16.4. The van der Waals surface area contributed by atoms with Crippen LogP contribution in [0.25, 0.3) is 0 Å². The normalized spacial score (nSPS) is 11.2. The SMILES string of the molecule is COC(=O)Nc1cc(C(=O)NC(CO)C(=O)OC)ccn1. The van der Waals surface area contributed by atoms with Gasteiger partial charge in [0, 0.05) is 11.8 Å². The molecule has 2 amide bonds. The van der Waals surface area contributed by atoms with Crippen molar-refractivity contribution in [2.24, 2.45) is 0 Å². The predicted molar refractivity (Wildman–Crippen MR) is 70.6 cm³/mol. The molecule has 0 fully saturated rings. The lowest BCUT2D eigenvalue weighted by Crippen LogP contribution is -2.44. The summed E-state index contributed by atoms with van der Waals surface area (Å²) in [5.74, 6) is -1.30. The number of rotatable bonds is 5. The third-order valence-electron chi connectivity index (χ3n) is 2.41. The number of ether oxygens (including phenoxy) is 2. The molecule has 3 N–H and O–H groups in total. The molecule has 0 aliphatic rings. The van der Waals surface area contributed by atoms with Crippen molar-refractivity contribution in [3.63, 3.8) is 0 Å². The highest BCUT2D eigenvalue weighted by Gasteiger charge is 2.21. The Kier molecular flexibility index (Phi) is 6.08. The molecule has 1 aromatic heterocycles. The van der Waals surface area contributed by atoms with Crippen molar-refractivity contribution < 1.29 is 29.0 Å². The molecular weight excluding hydrogens is 282 g/mol. The van der Waals surface area contributed by atoms with Crippen molar-refractivity contribution in [1.29, 1.82) is 0 Å². The Labute approximate surface area is 120 Å². The van der Waals surface area contributed by atoms with Crippen molar-refractivity contribution in [2.45, 2.75) is 6.04 Å². The van der Waals surface area contributed by atoms with Gasteiger partial charge in [-0.15, -0.1) is 0 Å². The van der Waals surface area contributed by atoms with Crippen molar-refractivity contribution >= 4 is 23.8 Å². The van der Waals surface area contributed by atoms with Crippen LogP contribution in [0, 0.1) is 0 Å². The number of amides is 2. The summed E-state index contributed by atoms with van der Waals surface area (Å²) in [4.78, 5) is 38.1. The van der Waals surface area contributed by atoms with Crippen LogP contribution in [0.15, 0.2) is 18.3 Å². The molecule has 0 aliphatic heterocycles. The maximum Gasteiger partial charge on any atom is 0.412 e. The number of pyridine rings is 1. The van der Waals surface area contributed by atoms with Crippen LogP contribution in [-0.4, -0.2) is 54.9 Å². The molecule has 0 bridgehead atoms. The van der Waals surface area contributed by atoms with E-state index in [0.29, 0.717) is 0 Å². The van der Waals surface area contributed by atoms with E-state index >= 15 is 0 Å². The summed E-state index contributed by atoms with van der Waals surface area (Å²) in [7, 11) is 2.33. The van der Waals surface area contributed by atoms with Crippen LogP contribution in [-0.2, 0) is 14.3 Å². The Balaban J connectivity index is 2.80. The maximum absolute atomic E-state index is 11.9. The second-order valence-corrected chi connectivity index (χ2v) is 3.78. The summed E-state index contributed by atoms with van der Waals surface area (Å²) >= 11 is 0. The summed E-state index contributed by atoms with van der Waals surface area (Å²) < 4.78 is 8.83. The van der Waals surface area contributed by atoms with Crippen LogP contribution in [0.2, 0.25) is 0 Å². The molecule has 1 atom stereocenters. The quantitative estimate of drug-likeness (QED) is 0.626. The monoisotopic (exact) mass is 297 g/mol. The smallest absolute Gasteiger partial charge is 0.412 e. The minimum atomic E-state index is -1.17. The molecule has 1 rings (SSSR count). The fourth-order valence-corrected chi connectivity index (χ4v) is 1.36. The van der Waals surface area contributed by atoms with E-state index in [1.165, 1.54) is 25.4 Å². The summed E-state index contributed by atoms with van der Waals surface area (Å²) in [5, 5.41) is 13.6. The van der Waals surface area contributed by atoms with Gasteiger partial charge in [-0.05, 0) is 12.1 Å². The zero-order chi connectivity index (χ0) is 15.8. The zero-order valence-electron chi connectivity index (χ0n) is 11.5. The van der Waals surface area contributed by atoms with Crippen LogP contribution in [0.3, 0.4) is 0 Å². The van der Waals surface area contributed by atoms with Crippen LogP contribution in [0.4, 0.5) is 10.6 Å². The van der Waals surface area contributed by atoms with Gasteiger partial charge in [-0.1, -0.05) is 0 Å². The number of aliphatic hydroxyl groups is 1. The number of hydrogen-bond acceptors (Lipinski definition) is 7. The van der Waals surface area contributed by atoms with E-state index in [0.717, 1.165) is 7.11 Å². The number of anilines is 1. The molecule has 0 aromatic carbocycles. The highest BCUT2D eigenvalue weighted by Crippen LogP contribution is 2.07. The van der Waals surface area contributed by atoms with Gasteiger partial charge in [-0.3, -0.25) is 10.1 Å². The van der Waals surface area contributed by atoms with Gasteiger partial charge in [0.15, 0.2) is 6.04 Å². The van der Waals surface area contributed by atoms with E-state index in [9.17, 15) is 14.4 Å². The lowest BCUT2D eigenvalue weighted by Gasteiger charge is -2.14. The van der Waals surface area contributed by atoms with Crippen molar-refractivity contribution in [3.8, 4) is 0 Å². The molecule has 0 radical (unpaired) electrons. The zero-order valence-corrected chi connectivity index (χ0v) is 11.5. The molecular formula is C12H15N3O6. The molecule has 9 nitrogen and oxygen atoms in total. The van der Waals surface area contributed by atoms with E-state index in [1.54, 1.807) is 0 Å². The number of aliphatic hydroxyl groups excluding tert-OH is 1. The number of nitrogens with zero attached hydrogens (tertiary/aromatic N) is 1. The molecule has 0 saturated carbocycles. The largest absolute Gasteiger partial charge is 0.467 e. The molecule has 0 aliphatic carbocycles. The number of nitrogens with one attached hydrogen (secondary N) is 2. The number of esters is 1. The van der Waals surface area contributed by atoms with Crippen LogP contribution in [0.5, 0.6) is 0 Å². The molecule has 114 valence electrons. The van der Waals surface area contributed by atoms with Gasteiger partial charge in [0.2, 0.25) is 0 Å². The Hall–Kier alpha value is -2.68. The van der Waals surface area contributed by atoms with Gasteiger partial charge in [-0.25, -0.2) is 14.6 Å². The van der Waals surface area contributed by atoms with Crippen molar-refractivity contribution in [2.75, 3.05) is 26.1 Å². The molecule has 1 unspecified atom stereocenters. The van der Waals surface area contributed by atoms with E-state index in [4.69, 9.17) is 5.11 Å². The average molecular weight is 297 g/mol. The Morgan fingerprint density at radius 2 is 2.05 bits per heavy atom. The van der Waals surface area contributed by atoms with Gasteiger partial charge >= 0.3 is 12.1 Å². The van der Waals surface area contributed by atoms with E-state index in [2.05, 4.69) is 25.1 Å². The Morgan fingerprint density at radius 3 is 2.62 bits per heavy atom. The Morgan fingerprint density at radius 1 is 1.33 bits per heavy atom. The molecule has 1 aromatic rings. The average Bonchev–Trinajstić information content (AvgIpc) is 2.51. The van der Waals surface area contributed by atoms with Crippen molar-refractivity contribution in [3.05, 3.63) is 23.9 Å². The summed E-state index contributed by atoms with van der Waals surface area (Å²) in [6, 6.07) is 1.49. The molecule has 1 heterocycles. The third kappa shape index (κ3) is 4.73. The minimum Gasteiger partial charge on any atom is -0.467 e. The molecule has 0 saturated heterocycles. The lowest BCUT2D eigenvalue weighted by atomic mass is 10.2. The molecule has 0 spiro atoms. The number of methoxy groups -OCH3 is 2. The topological polar surface area (TPSA) is 127 Å². The van der Waals surface area contributed by atoms with Gasteiger partial charge in [0.1, 0.15) is 5.82 Å². The number of hydrogen-bond donors (Lipinski definition) is 3. The van der Waals surface area contributed by atoms with Gasteiger partial charge in [0.25, 0.3) is 5.91 Å². The Bertz CT molecular complexity index is 533. The second kappa shape index (κ2) is 7.80. The standard InChI is InChI=1S/C12H15N3O6/c1-20-11(18)8(6-16)14-10(17)7-3-4-13-9(5-7)15-12(19)21-2/h3-5,8,16H,6H2,1-2H3,(H,14,17)(H,13,15,19). The van der Waals surface area contributed by atoms with Gasteiger partial charge < -0.3 is 19.9 Å². The first-order valence-electron chi connectivity index (χ1n) is 5.82. The van der Waals surface area contributed by atoms with E-state index in [1.807, 2.05) is 0 Å². The van der Waals surface area contributed by atoms with Gasteiger partial charge in [0.05, 0.1) is 20.8 Å². The van der Waals surface area contributed by atoms with E-state index < -0.39 is 30.6 Å². The molecule has 21 heavy (non-hydrogen) atoms. The van der Waals surface area contributed by atoms with Gasteiger partial charge in [-0.2, -0.15) is 0 Å². The fourth-order valence-electron chi connectivity index (χ4n) is 1.36. The van der Waals surface area contributed by atoms with Crippen molar-refractivity contribution in [1.82, 2.24) is 10.3 Å². The number of carbonyl (C=O) groups excluding carboxylic acids is 3. The summed E-state index contributed by atoms with van der Waals surface area (Å²) in [6.07, 6.45) is 0.564. The highest BCUT2D eigenvalue weighted by molar-refractivity contribution is 5.97. The van der Waals surface area contributed by atoms with Crippen LogP contribution in [0.1, 0.15) is 10.4 Å². The predicted octanol–water partition coefficient (Wildman–Crippen LogP) is -0.476. The van der Waals surface area contributed by atoms with E-state index in [-0.39, 0.29) is 11.4 Å². The number of aromatic nitrogens is 1. The molecule has 9 heteroatoms.